The molecule has 276 valence electrons. The van der Waals surface area contributed by atoms with E-state index < -0.39 is 0 Å². The first-order valence-corrected chi connectivity index (χ1v) is 17.4. The molecule has 48 heavy (non-hydrogen) atoms. The number of hydrogen-bond donors (Lipinski definition) is 0. The van der Waals surface area contributed by atoms with Crippen molar-refractivity contribution in [3.05, 3.63) is 129 Å². The molecular weight excluding hydrogens is 594 g/mol. The van der Waals surface area contributed by atoms with Crippen molar-refractivity contribution in [3.8, 4) is 0 Å². The molecule has 0 fully saturated rings. The Morgan fingerprint density at radius 2 is 0.417 bits per heavy atom. The normalized spacial score (nSPS) is 7.38. The Morgan fingerprint density at radius 3 is 0.458 bits per heavy atom. The van der Waals surface area contributed by atoms with Gasteiger partial charge in [-0.3, -0.25) is 14.0 Å². The van der Waals surface area contributed by atoms with Crippen LogP contribution in [0.3, 0.4) is 0 Å². The van der Waals surface area contributed by atoms with Gasteiger partial charge in [0.2, 0.25) is 0 Å². The second-order valence-electron chi connectivity index (χ2n) is 7.58. The molecule has 9 heteroatoms. The van der Waals surface area contributed by atoms with E-state index in [4.69, 9.17) is 0 Å². The van der Waals surface area contributed by atoms with Gasteiger partial charge in [0.05, 0.1) is 0 Å². The van der Waals surface area contributed by atoms with Gasteiger partial charge in [-0.15, -0.1) is 0 Å². The highest BCUT2D eigenvalue weighted by atomic mass is 15.2. The maximum absolute atomic E-state index is 3.83. The zero-order chi connectivity index (χ0) is 38.4. The summed E-state index contributed by atoms with van der Waals surface area (Å²) >= 11 is 0. The number of aromatic nitrogens is 9. The van der Waals surface area contributed by atoms with Gasteiger partial charge < -0.3 is 13.7 Å². The van der Waals surface area contributed by atoms with Crippen LogP contribution < -0.4 is 0 Å². The van der Waals surface area contributed by atoms with Crippen LogP contribution in [0.5, 0.6) is 0 Å². The molecule has 0 N–H and O–H groups in total. The van der Waals surface area contributed by atoms with Crippen LogP contribution in [0.1, 0.15) is 83.1 Å². The third-order valence-electron chi connectivity index (χ3n) is 4.17. The van der Waals surface area contributed by atoms with Crippen LogP contribution in [-0.4, -0.2) is 43.0 Å². The smallest absolute Gasteiger partial charge is 0.0489 e. The minimum absolute atomic E-state index is 1.75. The van der Waals surface area contributed by atoms with Crippen LogP contribution >= 0.6 is 0 Å². The molecule has 0 aliphatic heterocycles. The largest absolute Gasteiger partial charge is 0.357 e. The lowest BCUT2D eigenvalue weighted by atomic mass is 10.7. The van der Waals surface area contributed by atoms with Gasteiger partial charge in [-0.05, 0) is 54.6 Å². The molecular formula is C39H75N9. The molecule has 6 aromatic rings. The Bertz CT molecular complexity index is 905. The number of hydrogen-bond acceptors (Lipinski definition) is 3. The average molecular weight is 670 g/mol. The summed E-state index contributed by atoms with van der Waals surface area (Å²) in [5.41, 5.74) is 0. The van der Waals surface area contributed by atoms with Gasteiger partial charge in [0.25, 0.3) is 0 Å². The summed E-state index contributed by atoms with van der Waals surface area (Å²) in [4.78, 5) is 0. The molecule has 0 spiro atoms. The van der Waals surface area contributed by atoms with E-state index in [-0.39, 0.29) is 0 Å². The highest BCUT2D eigenvalue weighted by Gasteiger charge is 1.71. The van der Waals surface area contributed by atoms with Crippen LogP contribution in [0, 0.1) is 0 Å². The van der Waals surface area contributed by atoms with Crippen molar-refractivity contribution in [1.29, 1.82) is 0 Å². The molecule has 0 unspecified atom stereocenters. The van der Waals surface area contributed by atoms with Gasteiger partial charge in [-0.1, -0.05) is 83.1 Å². The fourth-order valence-corrected chi connectivity index (χ4v) is 2.30. The second-order valence-corrected chi connectivity index (χ2v) is 7.58. The molecule has 0 bridgehead atoms. The summed E-state index contributed by atoms with van der Waals surface area (Å²) in [6.45, 7) is 24.0. The summed E-state index contributed by atoms with van der Waals surface area (Å²) in [6.07, 6.45) is 22.9. The summed E-state index contributed by atoms with van der Waals surface area (Å²) in [5.74, 6) is 0. The fourth-order valence-electron chi connectivity index (χ4n) is 2.30. The van der Waals surface area contributed by atoms with Gasteiger partial charge in [0, 0.05) is 117 Å². The Morgan fingerprint density at radius 1 is 0.250 bits per heavy atom. The van der Waals surface area contributed by atoms with E-state index in [2.05, 4.69) is 15.3 Å². The molecule has 0 radical (unpaired) electrons. The first-order valence-electron chi connectivity index (χ1n) is 17.4. The second kappa shape index (κ2) is 52.0. The molecule has 9 nitrogen and oxygen atoms in total. The summed E-state index contributed by atoms with van der Waals surface area (Å²) in [7, 11) is 11.7. The van der Waals surface area contributed by atoms with Crippen LogP contribution in [0.15, 0.2) is 129 Å². The van der Waals surface area contributed by atoms with Crippen molar-refractivity contribution in [2.24, 2.45) is 42.3 Å². The molecule has 0 aliphatic rings. The Labute approximate surface area is 296 Å². The zero-order valence-corrected chi connectivity index (χ0v) is 34.1. The lowest BCUT2D eigenvalue weighted by molar-refractivity contribution is 0.767. The van der Waals surface area contributed by atoms with E-state index in [1.54, 1.807) is 32.6 Å². The standard InChI is InChI=1S/3C5H7N.3C4H6N2.6C2H6/c6*1-6-4-2-3-5-6;6*1-2/h3*2-5H,1H3;3*2-4H,1H3;6*1-2H3. The maximum Gasteiger partial charge on any atom is 0.0489 e. The third kappa shape index (κ3) is 48.4. The van der Waals surface area contributed by atoms with Crippen LogP contribution in [0.2, 0.25) is 0 Å². The molecule has 0 aromatic carbocycles. The average Bonchev–Trinajstić information content (AvgIpc) is 3.99. The lowest BCUT2D eigenvalue weighted by Crippen LogP contribution is -1.83. The minimum Gasteiger partial charge on any atom is -0.357 e. The Balaban J connectivity index is -0.000000104. The van der Waals surface area contributed by atoms with E-state index in [9.17, 15) is 0 Å². The zero-order valence-electron chi connectivity index (χ0n) is 34.1. The first kappa shape index (κ1) is 55.8. The SMILES string of the molecule is CC.CC.CC.CC.CC.CC.Cn1cccc1.Cn1cccc1.Cn1cccc1.Cn1cccn1.Cn1cccn1.Cn1cccn1. The van der Waals surface area contributed by atoms with E-state index in [0.717, 1.165) is 0 Å². The predicted octanol–water partition coefficient (Wildman–Crippen LogP) is 10.5. The predicted molar refractivity (Wildman–Crippen MR) is 214 cm³/mol. The molecule has 0 amide bonds. The van der Waals surface area contributed by atoms with E-state index in [1.165, 1.54) is 0 Å². The van der Waals surface area contributed by atoms with Crippen molar-refractivity contribution >= 4 is 0 Å². The van der Waals surface area contributed by atoms with Crippen molar-refractivity contribution in [2.75, 3.05) is 0 Å². The summed E-state index contributed by atoms with van der Waals surface area (Å²) in [6, 6.07) is 17.7. The number of rotatable bonds is 0. The van der Waals surface area contributed by atoms with E-state index in [0.29, 0.717) is 0 Å². The van der Waals surface area contributed by atoms with Crippen LogP contribution in [0.25, 0.3) is 0 Å². The van der Waals surface area contributed by atoms with Crippen molar-refractivity contribution in [2.45, 2.75) is 83.1 Å². The van der Waals surface area contributed by atoms with Crippen LogP contribution in [0.4, 0.5) is 0 Å². The van der Waals surface area contributed by atoms with Gasteiger partial charge in [0.1, 0.15) is 0 Å². The summed E-state index contributed by atoms with van der Waals surface area (Å²) in [5, 5.41) is 11.5. The molecule has 0 atom stereocenters. The number of aryl methyl sites for hydroxylation is 6. The monoisotopic (exact) mass is 670 g/mol. The highest BCUT2D eigenvalue weighted by Crippen LogP contribution is 1.82. The maximum atomic E-state index is 3.83. The Kier molecular flexibility index (Phi) is 60.5. The number of nitrogens with zero attached hydrogens (tertiary/aromatic N) is 9. The quantitative estimate of drug-likeness (QED) is 0.162. The lowest BCUT2D eigenvalue weighted by Gasteiger charge is -1.79. The molecule has 6 aromatic heterocycles. The highest BCUT2D eigenvalue weighted by molar-refractivity contribution is 4.89. The topological polar surface area (TPSA) is 68.2 Å². The first-order chi connectivity index (χ1) is 23.4. The van der Waals surface area contributed by atoms with Gasteiger partial charge in [0.15, 0.2) is 0 Å². The third-order valence-corrected chi connectivity index (χ3v) is 4.17. The molecule has 6 rings (SSSR count). The molecule has 0 aliphatic carbocycles. The van der Waals surface area contributed by atoms with Gasteiger partial charge in [-0.25, -0.2) is 0 Å². The van der Waals surface area contributed by atoms with Crippen molar-refractivity contribution in [1.82, 2.24) is 43.0 Å². The van der Waals surface area contributed by atoms with E-state index in [1.807, 2.05) is 249 Å². The van der Waals surface area contributed by atoms with Gasteiger partial charge in [-0.2, -0.15) is 15.3 Å². The minimum atomic E-state index is 1.75. The molecule has 0 saturated heterocycles. The summed E-state index contributed by atoms with van der Waals surface area (Å²) < 4.78 is 11.2. The van der Waals surface area contributed by atoms with E-state index >= 15 is 0 Å². The molecule has 6 heterocycles. The molecule has 0 saturated carbocycles. The van der Waals surface area contributed by atoms with Crippen LogP contribution in [-0.2, 0) is 42.3 Å². The van der Waals surface area contributed by atoms with Crippen molar-refractivity contribution in [3.63, 3.8) is 0 Å². The fraction of sp³-hybridized carbons (Fsp3) is 0.462. The van der Waals surface area contributed by atoms with Gasteiger partial charge >= 0.3 is 0 Å². The Hall–Kier alpha value is -4.53. The van der Waals surface area contributed by atoms with Crippen molar-refractivity contribution < 1.29 is 0 Å².